The predicted octanol–water partition coefficient (Wildman–Crippen LogP) is 3.36. The van der Waals surface area contributed by atoms with Crippen LogP contribution in [0, 0.1) is 5.92 Å². The first-order valence-electron chi connectivity index (χ1n) is 13.2. The number of rotatable bonds is 5. The maximum atomic E-state index is 13.5. The van der Waals surface area contributed by atoms with Crippen LogP contribution in [0.15, 0.2) is 30.3 Å². The Labute approximate surface area is 228 Å². The Morgan fingerprint density at radius 2 is 1.92 bits per heavy atom. The van der Waals surface area contributed by atoms with E-state index in [2.05, 4.69) is 0 Å². The van der Waals surface area contributed by atoms with Crippen molar-refractivity contribution in [1.82, 2.24) is 9.80 Å². The molecule has 1 fully saturated rings. The van der Waals surface area contributed by atoms with Crippen LogP contribution in [0.4, 0.5) is 13.2 Å². The second-order valence-electron chi connectivity index (χ2n) is 10.3. The fourth-order valence-corrected chi connectivity index (χ4v) is 4.56. The van der Waals surface area contributed by atoms with E-state index < -0.39 is 36.1 Å². The smallest absolute Gasteiger partial charge is 0.388 e. The highest BCUT2D eigenvalue weighted by Crippen LogP contribution is 2.29. The largest absolute Gasteiger partial charge is 0.416 e. The topological polar surface area (TPSA) is 99.5 Å². The van der Waals surface area contributed by atoms with Gasteiger partial charge < -0.3 is 29.5 Å². The van der Waals surface area contributed by atoms with Crippen molar-refractivity contribution >= 4 is 17.9 Å². The van der Waals surface area contributed by atoms with E-state index in [-0.39, 0.29) is 43.0 Å². The number of halogens is 3. The second kappa shape index (κ2) is 15.4. The highest BCUT2D eigenvalue weighted by atomic mass is 19.4. The molecule has 11 heteroatoms. The molecule has 2 rings (SSSR count). The lowest BCUT2D eigenvalue weighted by Crippen LogP contribution is -2.53. The third-order valence-corrected chi connectivity index (χ3v) is 6.68. The Kier molecular flexibility index (Phi) is 12.9. The number of hydrogen-bond donors (Lipinski definition) is 2. The van der Waals surface area contributed by atoms with E-state index in [9.17, 15) is 33.0 Å². The van der Waals surface area contributed by atoms with Crippen LogP contribution in [0.25, 0.3) is 6.08 Å². The molecule has 1 aliphatic rings. The summed E-state index contributed by atoms with van der Waals surface area (Å²) in [6.07, 6.45) is -3.55. The zero-order chi connectivity index (χ0) is 29.2. The number of hydrogen-bond acceptors (Lipinski definition) is 6. The molecule has 0 bridgehead atoms. The third-order valence-electron chi connectivity index (χ3n) is 6.68. The molecular weight excluding hydrogens is 517 g/mol. The van der Waals surface area contributed by atoms with Gasteiger partial charge in [-0.2, -0.15) is 13.2 Å². The Morgan fingerprint density at radius 1 is 1.21 bits per heavy atom. The molecule has 39 heavy (non-hydrogen) atoms. The van der Waals surface area contributed by atoms with Gasteiger partial charge >= 0.3 is 6.18 Å². The van der Waals surface area contributed by atoms with Crippen molar-refractivity contribution < 1.29 is 42.4 Å². The minimum absolute atomic E-state index is 0.0131. The minimum Gasteiger partial charge on any atom is -0.388 e. The number of carbonyl (C=O) groups is 2. The van der Waals surface area contributed by atoms with Gasteiger partial charge in [-0.15, -0.1) is 0 Å². The molecule has 1 heterocycles. The van der Waals surface area contributed by atoms with Crippen molar-refractivity contribution in [3.05, 3.63) is 41.5 Å². The Balaban J connectivity index is 2.38. The number of benzene rings is 1. The molecule has 0 aliphatic carbocycles. The number of ether oxygens (including phenoxy) is 2. The molecule has 0 spiro atoms. The molecule has 2 N–H and O–H groups in total. The number of amides is 2. The molecule has 2 amide bonds. The molecule has 220 valence electrons. The van der Waals surface area contributed by atoms with Gasteiger partial charge in [0.1, 0.15) is 18.3 Å². The molecule has 0 aromatic heterocycles. The zero-order valence-electron chi connectivity index (χ0n) is 23.1. The first-order valence-corrected chi connectivity index (χ1v) is 13.2. The maximum Gasteiger partial charge on any atom is 0.416 e. The lowest BCUT2D eigenvalue weighted by Gasteiger charge is -2.38. The average molecular weight is 559 g/mol. The van der Waals surface area contributed by atoms with Crippen molar-refractivity contribution in [1.29, 1.82) is 0 Å². The second-order valence-corrected chi connectivity index (χ2v) is 10.3. The Hall–Kier alpha value is -2.47. The summed E-state index contributed by atoms with van der Waals surface area (Å²) in [7, 11) is 1.38. The van der Waals surface area contributed by atoms with Crippen LogP contribution in [-0.4, -0.2) is 96.1 Å². The van der Waals surface area contributed by atoms with Gasteiger partial charge in [-0.3, -0.25) is 9.59 Å². The van der Waals surface area contributed by atoms with E-state index >= 15 is 0 Å². The van der Waals surface area contributed by atoms with E-state index in [4.69, 9.17) is 9.47 Å². The summed E-state index contributed by atoms with van der Waals surface area (Å²) in [5, 5.41) is 20.9. The minimum atomic E-state index is -4.49. The quantitative estimate of drug-likeness (QED) is 0.538. The molecule has 1 aliphatic heterocycles. The van der Waals surface area contributed by atoms with Crippen LogP contribution in [0.3, 0.4) is 0 Å². The fraction of sp³-hybridized carbons (Fsp3) is 0.643. The molecule has 0 unspecified atom stereocenters. The standard InChI is InChI=1S/C28H41F3N2O6/c1-19(2)14-23-16-32(20(3)34)17-25(38-4)27(37)24(35)18-39-13-6-5-12-33(23)26(36)11-10-21-8-7-9-22(15-21)28(29,30)31/h7-11,15,19,23-25,27,35,37H,5-6,12-14,16-18H2,1-4H3/b11-10+/t23-,24+,25+,27+/m0/s1. The first kappa shape index (κ1) is 32.7. The maximum absolute atomic E-state index is 13.5. The SMILES string of the molecule is CO[C@@H]1CN(C(C)=O)C[C@H](CC(C)C)N(C(=O)/C=C/c2cccc(C(F)(F)F)c2)CCCCOC[C@@H](O)[C@H]1O. The van der Waals surface area contributed by atoms with Gasteiger partial charge in [0, 0.05) is 52.4 Å². The number of aliphatic hydroxyl groups is 2. The molecule has 0 saturated carbocycles. The van der Waals surface area contributed by atoms with Crippen molar-refractivity contribution in [2.75, 3.05) is 40.0 Å². The van der Waals surface area contributed by atoms with Gasteiger partial charge in [-0.05, 0) is 49.0 Å². The summed E-state index contributed by atoms with van der Waals surface area (Å²) < 4.78 is 50.3. The van der Waals surface area contributed by atoms with Gasteiger partial charge in [0.25, 0.3) is 0 Å². The van der Waals surface area contributed by atoms with Crippen LogP contribution in [0.5, 0.6) is 0 Å². The van der Waals surface area contributed by atoms with Crippen LogP contribution < -0.4 is 0 Å². The summed E-state index contributed by atoms with van der Waals surface area (Å²) in [5.74, 6) is -0.504. The molecule has 1 aromatic rings. The average Bonchev–Trinajstić information content (AvgIpc) is 2.87. The number of methoxy groups -OCH3 is 1. The van der Waals surface area contributed by atoms with E-state index in [0.717, 1.165) is 12.1 Å². The van der Waals surface area contributed by atoms with Gasteiger partial charge in [-0.25, -0.2) is 0 Å². The molecule has 8 nitrogen and oxygen atoms in total. The lowest BCUT2D eigenvalue weighted by atomic mass is 10.00. The van der Waals surface area contributed by atoms with Gasteiger partial charge in [0.15, 0.2) is 0 Å². The fourth-order valence-electron chi connectivity index (χ4n) is 4.56. The van der Waals surface area contributed by atoms with Crippen LogP contribution in [-0.2, 0) is 25.2 Å². The van der Waals surface area contributed by atoms with Gasteiger partial charge in [0.2, 0.25) is 11.8 Å². The molecule has 1 aromatic carbocycles. The van der Waals surface area contributed by atoms with Gasteiger partial charge in [-0.1, -0.05) is 26.0 Å². The summed E-state index contributed by atoms with van der Waals surface area (Å²) >= 11 is 0. The Morgan fingerprint density at radius 3 is 2.54 bits per heavy atom. The van der Waals surface area contributed by atoms with Crippen molar-refractivity contribution in [2.45, 2.75) is 70.6 Å². The molecule has 1 saturated heterocycles. The normalized spacial score (nSPS) is 24.7. The third kappa shape index (κ3) is 10.6. The summed E-state index contributed by atoms with van der Waals surface area (Å²) in [5.41, 5.74) is -0.555. The number of carbonyl (C=O) groups excluding carboxylic acids is 2. The van der Waals surface area contributed by atoms with Crippen molar-refractivity contribution in [3.63, 3.8) is 0 Å². The van der Waals surface area contributed by atoms with E-state index in [1.165, 1.54) is 43.2 Å². The van der Waals surface area contributed by atoms with Crippen molar-refractivity contribution in [2.24, 2.45) is 5.92 Å². The van der Waals surface area contributed by atoms with E-state index in [1.807, 2.05) is 13.8 Å². The highest BCUT2D eigenvalue weighted by Gasteiger charge is 2.33. The monoisotopic (exact) mass is 558 g/mol. The van der Waals surface area contributed by atoms with Gasteiger partial charge in [0.05, 0.1) is 12.2 Å². The first-order chi connectivity index (χ1) is 18.3. The number of alkyl halides is 3. The Bertz CT molecular complexity index is 955. The van der Waals surface area contributed by atoms with Crippen LogP contribution in [0.1, 0.15) is 51.2 Å². The van der Waals surface area contributed by atoms with E-state index in [0.29, 0.717) is 32.4 Å². The van der Waals surface area contributed by atoms with Crippen LogP contribution >= 0.6 is 0 Å². The molecule has 4 atom stereocenters. The highest BCUT2D eigenvalue weighted by molar-refractivity contribution is 5.92. The molecular formula is C28H41F3N2O6. The molecule has 0 radical (unpaired) electrons. The zero-order valence-corrected chi connectivity index (χ0v) is 23.1. The summed E-state index contributed by atoms with van der Waals surface area (Å²) in [6.45, 7) is 6.06. The lowest BCUT2D eigenvalue weighted by molar-refractivity contribution is -0.140. The predicted molar refractivity (Wildman–Crippen MR) is 141 cm³/mol. The van der Waals surface area contributed by atoms with Crippen molar-refractivity contribution in [3.8, 4) is 0 Å². The number of aliphatic hydroxyl groups excluding tert-OH is 2. The van der Waals surface area contributed by atoms with Crippen LogP contribution in [0.2, 0.25) is 0 Å². The summed E-state index contributed by atoms with van der Waals surface area (Å²) in [4.78, 5) is 29.2. The summed E-state index contributed by atoms with van der Waals surface area (Å²) in [6, 6.07) is 4.33. The van der Waals surface area contributed by atoms with E-state index in [1.54, 1.807) is 4.90 Å². The number of nitrogens with zero attached hydrogens (tertiary/aromatic N) is 2.